The van der Waals surface area contributed by atoms with Gasteiger partial charge < -0.3 is 11.1 Å². The third-order valence-corrected chi connectivity index (χ3v) is 4.32. The van der Waals surface area contributed by atoms with Crippen LogP contribution >= 0.6 is 11.8 Å². The van der Waals surface area contributed by atoms with Gasteiger partial charge in [-0.25, -0.2) is 0 Å². The molecular formula is C13H28N2OS. The first-order valence-electron chi connectivity index (χ1n) is 6.40. The number of nitrogens with two attached hydrogens (primary N) is 1. The molecule has 0 rings (SSSR count). The fraction of sp³-hybridized carbons (Fsp3) is 0.923. The molecule has 0 spiro atoms. The first kappa shape index (κ1) is 16.8. The van der Waals surface area contributed by atoms with Crippen molar-refractivity contribution in [3.8, 4) is 0 Å². The first-order valence-corrected chi connectivity index (χ1v) is 7.28. The fourth-order valence-electron chi connectivity index (χ4n) is 1.39. The van der Waals surface area contributed by atoms with Crippen molar-refractivity contribution in [2.45, 2.75) is 64.0 Å². The van der Waals surface area contributed by atoms with Gasteiger partial charge in [-0.05, 0) is 26.2 Å². The number of thioether (sulfide) groups is 1. The fourth-order valence-corrected chi connectivity index (χ4v) is 2.80. The number of nitrogens with one attached hydrogen (secondary N) is 1. The van der Waals surface area contributed by atoms with Crippen LogP contribution in [0.25, 0.3) is 0 Å². The Labute approximate surface area is 110 Å². The topological polar surface area (TPSA) is 55.1 Å². The zero-order valence-corrected chi connectivity index (χ0v) is 12.9. The molecule has 17 heavy (non-hydrogen) atoms. The zero-order valence-electron chi connectivity index (χ0n) is 12.0. The van der Waals surface area contributed by atoms with Gasteiger partial charge in [0.1, 0.15) is 0 Å². The lowest BCUT2D eigenvalue weighted by atomic mass is 10.0. The minimum absolute atomic E-state index is 0.0437. The van der Waals surface area contributed by atoms with Crippen molar-refractivity contribution in [1.29, 1.82) is 0 Å². The normalized spacial score (nSPS) is 15.8. The third kappa shape index (κ3) is 6.94. The second-order valence-corrected chi connectivity index (χ2v) is 7.73. The van der Waals surface area contributed by atoms with E-state index in [1.54, 1.807) is 0 Å². The lowest BCUT2D eigenvalue weighted by Gasteiger charge is -2.28. The number of hydrogen-bond acceptors (Lipinski definition) is 3. The number of carbonyl (C=O) groups excluding carboxylic acids is 1. The Kier molecular flexibility index (Phi) is 7.17. The molecule has 3 N–H and O–H groups in total. The molecule has 0 aliphatic rings. The predicted molar refractivity (Wildman–Crippen MR) is 77.2 cm³/mol. The highest BCUT2D eigenvalue weighted by molar-refractivity contribution is 8.01. The second-order valence-electron chi connectivity index (χ2n) is 5.58. The average molecular weight is 260 g/mol. The van der Waals surface area contributed by atoms with Crippen molar-refractivity contribution in [3.63, 3.8) is 0 Å². The molecule has 0 saturated carbocycles. The molecule has 3 nitrogen and oxygen atoms in total. The maximum Gasteiger partial charge on any atom is 0.237 e. The van der Waals surface area contributed by atoms with Gasteiger partial charge in [-0.2, -0.15) is 11.8 Å². The van der Waals surface area contributed by atoms with Gasteiger partial charge in [0, 0.05) is 16.5 Å². The quantitative estimate of drug-likeness (QED) is 0.739. The van der Waals surface area contributed by atoms with Gasteiger partial charge in [0.15, 0.2) is 0 Å². The highest BCUT2D eigenvalue weighted by Gasteiger charge is 2.24. The van der Waals surface area contributed by atoms with Crippen molar-refractivity contribution >= 4 is 17.7 Å². The summed E-state index contributed by atoms with van der Waals surface area (Å²) in [7, 11) is 0. The molecule has 0 heterocycles. The van der Waals surface area contributed by atoms with Crippen LogP contribution in [0, 0.1) is 5.92 Å². The molecule has 0 bridgehead atoms. The Morgan fingerprint density at radius 1 is 1.35 bits per heavy atom. The SMILES string of the molecule is CCC(C)SC(C)(C)CNC(=O)[C@H](N)C(C)C. The van der Waals surface area contributed by atoms with Crippen LogP contribution in [-0.2, 0) is 4.79 Å². The summed E-state index contributed by atoms with van der Waals surface area (Å²) < 4.78 is 0.0573. The summed E-state index contributed by atoms with van der Waals surface area (Å²) in [5, 5.41) is 3.56. The third-order valence-electron chi connectivity index (χ3n) is 2.80. The van der Waals surface area contributed by atoms with Crippen molar-refractivity contribution in [2.24, 2.45) is 11.7 Å². The molecule has 1 amide bonds. The summed E-state index contributed by atoms with van der Waals surface area (Å²) in [6, 6.07) is -0.403. The molecule has 0 aliphatic heterocycles. The molecule has 0 aromatic heterocycles. The molecule has 0 aliphatic carbocycles. The molecule has 0 radical (unpaired) electrons. The average Bonchev–Trinajstić information content (AvgIpc) is 2.24. The highest BCUT2D eigenvalue weighted by Crippen LogP contribution is 2.29. The minimum Gasteiger partial charge on any atom is -0.353 e. The van der Waals surface area contributed by atoms with Crippen LogP contribution in [0.3, 0.4) is 0 Å². The lowest BCUT2D eigenvalue weighted by molar-refractivity contribution is -0.123. The van der Waals surface area contributed by atoms with E-state index in [9.17, 15) is 4.79 Å². The van der Waals surface area contributed by atoms with Crippen LogP contribution in [0.2, 0.25) is 0 Å². The van der Waals surface area contributed by atoms with Gasteiger partial charge in [-0.1, -0.05) is 27.7 Å². The Bertz CT molecular complexity index is 242. The molecule has 1 unspecified atom stereocenters. The molecular weight excluding hydrogens is 232 g/mol. The summed E-state index contributed by atoms with van der Waals surface area (Å²) in [6.45, 7) is 13.3. The predicted octanol–water partition coefficient (Wildman–Crippen LogP) is 2.40. The van der Waals surface area contributed by atoms with E-state index in [4.69, 9.17) is 5.73 Å². The number of hydrogen-bond donors (Lipinski definition) is 2. The Morgan fingerprint density at radius 2 is 1.88 bits per heavy atom. The monoisotopic (exact) mass is 260 g/mol. The van der Waals surface area contributed by atoms with Crippen LogP contribution in [0.15, 0.2) is 0 Å². The summed E-state index contributed by atoms with van der Waals surface area (Å²) in [5.74, 6) is 0.137. The maximum atomic E-state index is 11.7. The van der Waals surface area contributed by atoms with E-state index in [0.717, 1.165) is 6.42 Å². The van der Waals surface area contributed by atoms with Crippen molar-refractivity contribution in [3.05, 3.63) is 0 Å². The van der Waals surface area contributed by atoms with Gasteiger partial charge >= 0.3 is 0 Å². The Hall–Kier alpha value is -0.220. The van der Waals surface area contributed by atoms with Gasteiger partial charge in [0.2, 0.25) is 5.91 Å². The molecule has 2 atom stereocenters. The highest BCUT2D eigenvalue weighted by atomic mass is 32.2. The van der Waals surface area contributed by atoms with E-state index >= 15 is 0 Å². The standard InChI is InChI=1S/C13H28N2OS/c1-7-10(4)17-13(5,6)8-15-12(16)11(14)9(2)3/h9-11H,7-8,14H2,1-6H3,(H,15,16)/t10?,11-/m1/s1. The summed E-state index contributed by atoms with van der Waals surface area (Å²) >= 11 is 1.91. The summed E-state index contributed by atoms with van der Waals surface area (Å²) in [6.07, 6.45) is 1.15. The van der Waals surface area contributed by atoms with Crippen LogP contribution in [-0.4, -0.2) is 28.5 Å². The second kappa shape index (κ2) is 7.27. The van der Waals surface area contributed by atoms with Crippen LogP contribution in [0.1, 0.15) is 48.0 Å². The van der Waals surface area contributed by atoms with E-state index in [1.165, 1.54) is 0 Å². The van der Waals surface area contributed by atoms with Gasteiger partial charge in [-0.3, -0.25) is 4.79 Å². The molecule has 0 aromatic carbocycles. The summed E-state index contributed by atoms with van der Waals surface area (Å²) in [4.78, 5) is 11.7. The number of carbonyl (C=O) groups is 1. The van der Waals surface area contributed by atoms with E-state index in [0.29, 0.717) is 11.8 Å². The molecule has 0 fully saturated rings. The number of amides is 1. The largest absolute Gasteiger partial charge is 0.353 e. The van der Waals surface area contributed by atoms with Crippen LogP contribution in [0.5, 0.6) is 0 Å². The van der Waals surface area contributed by atoms with E-state index in [1.807, 2.05) is 25.6 Å². The van der Waals surface area contributed by atoms with E-state index in [2.05, 4.69) is 33.0 Å². The smallest absolute Gasteiger partial charge is 0.237 e. The van der Waals surface area contributed by atoms with Crippen molar-refractivity contribution < 1.29 is 4.79 Å². The van der Waals surface area contributed by atoms with Crippen LogP contribution in [0.4, 0.5) is 0 Å². The van der Waals surface area contributed by atoms with Gasteiger partial charge in [0.25, 0.3) is 0 Å². The maximum absolute atomic E-state index is 11.7. The lowest BCUT2D eigenvalue weighted by Crippen LogP contribution is -2.47. The molecule has 0 saturated heterocycles. The first-order chi connectivity index (χ1) is 7.69. The van der Waals surface area contributed by atoms with E-state index in [-0.39, 0.29) is 16.6 Å². The van der Waals surface area contributed by atoms with Crippen LogP contribution < -0.4 is 11.1 Å². The zero-order chi connectivity index (χ0) is 13.6. The van der Waals surface area contributed by atoms with Crippen molar-refractivity contribution in [1.82, 2.24) is 5.32 Å². The van der Waals surface area contributed by atoms with E-state index < -0.39 is 6.04 Å². The molecule has 0 aromatic rings. The van der Waals surface area contributed by atoms with Crippen molar-refractivity contribution in [2.75, 3.05) is 6.54 Å². The van der Waals surface area contributed by atoms with Gasteiger partial charge in [-0.15, -0.1) is 0 Å². The molecule has 4 heteroatoms. The number of rotatable bonds is 7. The summed E-state index contributed by atoms with van der Waals surface area (Å²) in [5.41, 5.74) is 5.80. The molecule has 102 valence electrons. The van der Waals surface area contributed by atoms with Gasteiger partial charge in [0.05, 0.1) is 6.04 Å². The minimum atomic E-state index is -0.403. The Balaban J connectivity index is 4.13. The Morgan fingerprint density at radius 3 is 2.29 bits per heavy atom.